The van der Waals surface area contributed by atoms with Crippen LogP contribution in [0.25, 0.3) is 0 Å². The Kier molecular flexibility index (Phi) is 3.90. The molecule has 3 heteroatoms. The molecule has 2 aliphatic rings. The summed E-state index contributed by atoms with van der Waals surface area (Å²) >= 11 is 0. The third kappa shape index (κ3) is 2.72. The number of hydrogen-bond acceptors (Lipinski definition) is 3. The van der Waals surface area contributed by atoms with Crippen molar-refractivity contribution in [1.29, 1.82) is 0 Å². The van der Waals surface area contributed by atoms with Gasteiger partial charge < -0.3 is 4.74 Å². The van der Waals surface area contributed by atoms with Gasteiger partial charge in [-0.05, 0) is 68.2 Å². The van der Waals surface area contributed by atoms with Crippen LogP contribution in [0, 0.1) is 38.5 Å². The molecule has 3 atom stereocenters. The summed E-state index contributed by atoms with van der Waals surface area (Å²) in [4.78, 5) is 24.5. The molecule has 2 bridgehead atoms. The van der Waals surface area contributed by atoms with Crippen LogP contribution in [0.3, 0.4) is 0 Å². The molecule has 0 saturated heterocycles. The van der Waals surface area contributed by atoms with Crippen molar-refractivity contribution in [3.63, 3.8) is 0 Å². The van der Waals surface area contributed by atoms with E-state index in [0.29, 0.717) is 17.4 Å². The Morgan fingerprint density at radius 2 is 1.77 bits per heavy atom. The summed E-state index contributed by atoms with van der Waals surface area (Å²) in [6, 6.07) is 3.90. The van der Waals surface area contributed by atoms with Gasteiger partial charge in [0.05, 0.1) is 5.92 Å². The van der Waals surface area contributed by atoms with Gasteiger partial charge in [0.15, 0.2) is 6.61 Å². The van der Waals surface area contributed by atoms with Crippen molar-refractivity contribution in [1.82, 2.24) is 0 Å². The van der Waals surface area contributed by atoms with Crippen LogP contribution in [0.4, 0.5) is 0 Å². The lowest BCUT2D eigenvalue weighted by Gasteiger charge is -2.16. The Hall–Kier alpha value is -1.90. The monoisotopic (exact) mass is 298 g/mol. The van der Waals surface area contributed by atoms with Gasteiger partial charge in [0.1, 0.15) is 0 Å². The number of fused-ring (bicyclic) bond motifs is 2. The molecule has 2 aliphatic carbocycles. The van der Waals surface area contributed by atoms with E-state index in [1.807, 2.05) is 32.9 Å². The fraction of sp³-hybridized carbons (Fsp3) is 0.474. The van der Waals surface area contributed by atoms with Gasteiger partial charge in [-0.2, -0.15) is 0 Å². The number of ether oxygens (including phenoxy) is 1. The van der Waals surface area contributed by atoms with Gasteiger partial charge in [-0.15, -0.1) is 0 Å². The van der Waals surface area contributed by atoms with Gasteiger partial charge in [0.25, 0.3) is 0 Å². The Balaban J connectivity index is 1.62. The molecule has 3 rings (SSSR count). The smallest absolute Gasteiger partial charge is 0.310 e. The highest BCUT2D eigenvalue weighted by Crippen LogP contribution is 2.43. The summed E-state index contributed by atoms with van der Waals surface area (Å²) in [7, 11) is 0. The van der Waals surface area contributed by atoms with E-state index in [2.05, 4.69) is 12.2 Å². The molecule has 0 radical (unpaired) electrons. The lowest BCUT2D eigenvalue weighted by Crippen LogP contribution is -2.24. The van der Waals surface area contributed by atoms with Gasteiger partial charge in [-0.25, -0.2) is 0 Å². The second kappa shape index (κ2) is 5.71. The number of aryl methyl sites for hydroxylation is 3. The Morgan fingerprint density at radius 3 is 2.41 bits per heavy atom. The van der Waals surface area contributed by atoms with Crippen molar-refractivity contribution in [2.75, 3.05) is 6.61 Å². The highest BCUT2D eigenvalue weighted by Gasteiger charge is 2.40. The average Bonchev–Trinajstić information content (AvgIpc) is 3.11. The van der Waals surface area contributed by atoms with Crippen LogP contribution in [-0.4, -0.2) is 18.4 Å². The van der Waals surface area contributed by atoms with E-state index >= 15 is 0 Å². The average molecular weight is 298 g/mol. The van der Waals surface area contributed by atoms with Gasteiger partial charge >= 0.3 is 5.97 Å². The number of carbonyl (C=O) groups excluding carboxylic acids is 2. The summed E-state index contributed by atoms with van der Waals surface area (Å²) in [5, 5.41) is 0. The van der Waals surface area contributed by atoms with Crippen LogP contribution >= 0.6 is 0 Å². The van der Waals surface area contributed by atoms with Crippen molar-refractivity contribution in [3.8, 4) is 0 Å². The molecule has 1 aromatic rings. The number of ketones is 1. The van der Waals surface area contributed by atoms with Crippen LogP contribution in [0.1, 0.15) is 39.9 Å². The van der Waals surface area contributed by atoms with Crippen LogP contribution in [0.2, 0.25) is 0 Å². The zero-order chi connectivity index (χ0) is 15.9. The van der Waals surface area contributed by atoms with Crippen molar-refractivity contribution in [3.05, 3.63) is 46.5 Å². The first-order valence-electron chi connectivity index (χ1n) is 7.91. The van der Waals surface area contributed by atoms with Crippen LogP contribution in [0.15, 0.2) is 24.3 Å². The van der Waals surface area contributed by atoms with Gasteiger partial charge in [-0.1, -0.05) is 18.2 Å². The molecule has 0 spiro atoms. The van der Waals surface area contributed by atoms with E-state index in [9.17, 15) is 9.59 Å². The lowest BCUT2D eigenvalue weighted by atomic mass is 9.94. The largest absolute Gasteiger partial charge is 0.457 e. The zero-order valence-electron chi connectivity index (χ0n) is 13.4. The first-order chi connectivity index (χ1) is 10.5. The molecule has 3 nitrogen and oxygen atoms in total. The lowest BCUT2D eigenvalue weighted by molar-refractivity contribution is -0.148. The van der Waals surface area contributed by atoms with E-state index in [4.69, 9.17) is 4.74 Å². The first-order valence-corrected chi connectivity index (χ1v) is 7.91. The molecule has 3 unspecified atom stereocenters. The fourth-order valence-electron chi connectivity index (χ4n) is 3.63. The third-order valence-electron chi connectivity index (χ3n) is 5.07. The van der Waals surface area contributed by atoms with Crippen molar-refractivity contribution in [2.45, 2.75) is 33.6 Å². The number of benzene rings is 1. The number of carbonyl (C=O) groups is 2. The maximum Gasteiger partial charge on any atom is 0.310 e. The minimum Gasteiger partial charge on any atom is -0.457 e. The van der Waals surface area contributed by atoms with Crippen molar-refractivity contribution < 1.29 is 14.3 Å². The third-order valence-corrected chi connectivity index (χ3v) is 5.07. The SMILES string of the molecule is Cc1cc(C)c(C(=O)COC(=O)C2CC3C=CC2C3)cc1C. The van der Waals surface area contributed by atoms with Gasteiger partial charge in [0.2, 0.25) is 5.78 Å². The van der Waals surface area contributed by atoms with E-state index < -0.39 is 0 Å². The summed E-state index contributed by atoms with van der Waals surface area (Å²) < 4.78 is 5.30. The molecule has 0 N–H and O–H groups in total. The minimum absolute atomic E-state index is 0.0522. The molecular weight excluding hydrogens is 276 g/mol. The molecule has 0 amide bonds. The molecule has 0 heterocycles. The molecule has 1 fully saturated rings. The second-order valence-corrected chi connectivity index (χ2v) is 6.67. The molecular formula is C19H22O3. The van der Waals surface area contributed by atoms with Gasteiger partial charge in [0, 0.05) is 5.56 Å². The highest BCUT2D eigenvalue weighted by atomic mass is 16.5. The van der Waals surface area contributed by atoms with Crippen LogP contribution in [0.5, 0.6) is 0 Å². The predicted molar refractivity (Wildman–Crippen MR) is 84.8 cm³/mol. The zero-order valence-corrected chi connectivity index (χ0v) is 13.4. The number of hydrogen-bond donors (Lipinski definition) is 0. The Labute approximate surface area is 131 Å². The van der Waals surface area contributed by atoms with E-state index in [1.165, 1.54) is 5.56 Å². The quantitative estimate of drug-likeness (QED) is 0.485. The fourth-order valence-corrected chi connectivity index (χ4v) is 3.63. The molecule has 0 aromatic heterocycles. The molecule has 22 heavy (non-hydrogen) atoms. The van der Waals surface area contributed by atoms with E-state index in [0.717, 1.165) is 24.0 Å². The Bertz CT molecular complexity index is 657. The van der Waals surface area contributed by atoms with E-state index in [-0.39, 0.29) is 24.3 Å². The molecule has 116 valence electrons. The standard InChI is InChI=1S/C19H22O3/c1-11-6-13(3)16(7-12(11)2)18(20)10-22-19(21)17-9-14-4-5-15(17)8-14/h4-7,14-15,17H,8-10H2,1-3H3. The predicted octanol–water partition coefficient (Wildman–Crippen LogP) is 3.55. The maximum absolute atomic E-state index is 12.3. The number of allylic oxidation sites excluding steroid dienone is 2. The summed E-state index contributed by atoms with van der Waals surface area (Å²) in [5.74, 6) is 0.458. The molecule has 1 aromatic carbocycles. The van der Waals surface area contributed by atoms with Crippen LogP contribution < -0.4 is 0 Å². The van der Waals surface area contributed by atoms with E-state index in [1.54, 1.807) is 0 Å². The summed E-state index contributed by atoms with van der Waals surface area (Å²) in [6.45, 7) is 5.78. The number of rotatable bonds is 4. The molecule has 0 aliphatic heterocycles. The van der Waals surface area contributed by atoms with Crippen molar-refractivity contribution >= 4 is 11.8 Å². The normalized spacial score (nSPS) is 25.5. The minimum atomic E-state index is -0.216. The van der Waals surface area contributed by atoms with Crippen LogP contribution in [-0.2, 0) is 9.53 Å². The molecule has 1 saturated carbocycles. The Morgan fingerprint density at radius 1 is 1.05 bits per heavy atom. The number of esters is 1. The highest BCUT2D eigenvalue weighted by molar-refractivity contribution is 5.99. The number of Topliss-reactive ketones (excluding diaryl/α,β-unsaturated/α-hetero) is 1. The van der Waals surface area contributed by atoms with Gasteiger partial charge in [-0.3, -0.25) is 9.59 Å². The first kappa shape index (κ1) is 15.0. The summed E-state index contributed by atoms with van der Waals surface area (Å²) in [6.07, 6.45) is 6.24. The van der Waals surface area contributed by atoms with Crippen molar-refractivity contribution in [2.24, 2.45) is 17.8 Å². The second-order valence-electron chi connectivity index (χ2n) is 6.67. The topological polar surface area (TPSA) is 43.4 Å². The maximum atomic E-state index is 12.3. The summed E-state index contributed by atoms with van der Waals surface area (Å²) in [5.41, 5.74) is 3.84.